The Labute approximate surface area is 113 Å². The van der Waals surface area contributed by atoms with Gasteiger partial charge in [0.1, 0.15) is 0 Å². The molecule has 1 aliphatic rings. The van der Waals surface area contributed by atoms with Gasteiger partial charge < -0.3 is 10.2 Å². The molecule has 0 aromatic carbocycles. The average Bonchev–Trinajstić information content (AvgIpc) is 2.88. The summed E-state index contributed by atoms with van der Waals surface area (Å²) in [5.74, 6) is 0.161. The first-order chi connectivity index (χ1) is 8.58. The molecular formula is C14H22N2OS. The summed E-state index contributed by atoms with van der Waals surface area (Å²) in [6.45, 7) is 5.30. The number of aryl methyl sites for hydroxylation is 2. The van der Waals surface area contributed by atoms with Crippen LogP contribution in [0.15, 0.2) is 6.07 Å². The minimum Gasteiger partial charge on any atom is -0.342 e. The zero-order chi connectivity index (χ0) is 13.1. The fourth-order valence-electron chi connectivity index (χ4n) is 2.18. The SMILES string of the molecule is CC(C)N(C)C(=O)CNCc1cc2c(s1)CCC2. The molecule has 18 heavy (non-hydrogen) atoms. The number of rotatable bonds is 5. The second-order valence-electron chi connectivity index (χ2n) is 5.22. The number of hydrogen-bond acceptors (Lipinski definition) is 3. The van der Waals surface area contributed by atoms with Gasteiger partial charge in [0.05, 0.1) is 6.54 Å². The minimum absolute atomic E-state index is 0.161. The predicted octanol–water partition coefficient (Wildman–Crippen LogP) is 2.19. The number of hydrogen-bond donors (Lipinski definition) is 1. The Kier molecular flexibility index (Phi) is 4.40. The highest BCUT2D eigenvalue weighted by molar-refractivity contribution is 7.12. The quantitative estimate of drug-likeness (QED) is 0.886. The van der Waals surface area contributed by atoms with Crippen LogP contribution in [0, 0.1) is 0 Å². The molecule has 0 radical (unpaired) electrons. The molecule has 0 bridgehead atoms. The van der Waals surface area contributed by atoms with E-state index >= 15 is 0 Å². The van der Waals surface area contributed by atoms with Crippen molar-refractivity contribution in [1.82, 2.24) is 10.2 Å². The summed E-state index contributed by atoms with van der Waals surface area (Å²) in [4.78, 5) is 16.5. The average molecular weight is 266 g/mol. The van der Waals surface area contributed by atoms with Gasteiger partial charge in [-0.1, -0.05) is 0 Å². The third-order valence-electron chi connectivity index (χ3n) is 3.54. The Hall–Kier alpha value is -0.870. The number of carbonyl (C=O) groups is 1. The van der Waals surface area contributed by atoms with Crippen LogP contribution in [0.1, 0.15) is 35.6 Å². The van der Waals surface area contributed by atoms with Crippen molar-refractivity contribution in [2.75, 3.05) is 13.6 Å². The van der Waals surface area contributed by atoms with E-state index in [-0.39, 0.29) is 11.9 Å². The van der Waals surface area contributed by atoms with Crippen LogP contribution in [0.5, 0.6) is 0 Å². The number of nitrogens with zero attached hydrogens (tertiary/aromatic N) is 1. The lowest BCUT2D eigenvalue weighted by Crippen LogP contribution is -2.39. The van der Waals surface area contributed by atoms with Crippen molar-refractivity contribution >= 4 is 17.2 Å². The number of nitrogens with one attached hydrogen (secondary N) is 1. The number of fused-ring (bicyclic) bond motifs is 1. The van der Waals surface area contributed by atoms with E-state index in [2.05, 4.69) is 11.4 Å². The first-order valence-electron chi connectivity index (χ1n) is 6.64. The van der Waals surface area contributed by atoms with Gasteiger partial charge in [-0.05, 0) is 44.7 Å². The Morgan fingerprint density at radius 1 is 1.50 bits per heavy atom. The van der Waals surface area contributed by atoms with Gasteiger partial charge in [-0.3, -0.25) is 4.79 Å². The Bertz CT molecular complexity index is 404. The number of carbonyl (C=O) groups excluding carboxylic acids is 1. The van der Waals surface area contributed by atoms with E-state index in [0.29, 0.717) is 6.54 Å². The molecule has 1 aromatic heterocycles. The lowest BCUT2D eigenvalue weighted by molar-refractivity contribution is -0.130. The summed E-state index contributed by atoms with van der Waals surface area (Å²) in [7, 11) is 1.86. The van der Waals surface area contributed by atoms with Crippen molar-refractivity contribution in [1.29, 1.82) is 0 Å². The summed E-state index contributed by atoms with van der Waals surface area (Å²) >= 11 is 1.90. The van der Waals surface area contributed by atoms with Gasteiger partial charge in [0.15, 0.2) is 0 Å². The van der Waals surface area contributed by atoms with Crippen LogP contribution in [0.3, 0.4) is 0 Å². The molecular weight excluding hydrogens is 244 g/mol. The fraction of sp³-hybridized carbons (Fsp3) is 0.643. The second-order valence-corrected chi connectivity index (χ2v) is 6.44. The molecule has 0 saturated heterocycles. The monoisotopic (exact) mass is 266 g/mol. The summed E-state index contributed by atoms with van der Waals surface area (Å²) in [5.41, 5.74) is 1.53. The van der Waals surface area contributed by atoms with Crippen molar-refractivity contribution in [3.05, 3.63) is 21.4 Å². The zero-order valence-corrected chi connectivity index (χ0v) is 12.3. The van der Waals surface area contributed by atoms with Gasteiger partial charge in [-0.15, -0.1) is 11.3 Å². The summed E-state index contributed by atoms with van der Waals surface area (Å²) in [6.07, 6.45) is 3.79. The number of thiophene rings is 1. The molecule has 1 N–H and O–H groups in total. The molecule has 0 aliphatic heterocycles. The molecule has 1 aromatic rings. The summed E-state index contributed by atoms with van der Waals surface area (Å²) < 4.78 is 0. The van der Waals surface area contributed by atoms with Crippen molar-refractivity contribution in [2.24, 2.45) is 0 Å². The summed E-state index contributed by atoms with van der Waals surface area (Å²) in [6, 6.07) is 2.57. The molecule has 0 saturated carbocycles. The minimum atomic E-state index is 0.161. The van der Waals surface area contributed by atoms with Crippen LogP contribution in [0.2, 0.25) is 0 Å². The normalized spacial score (nSPS) is 14.0. The first kappa shape index (κ1) is 13.6. The molecule has 4 heteroatoms. The van der Waals surface area contributed by atoms with E-state index in [0.717, 1.165) is 6.54 Å². The predicted molar refractivity (Wildman–Crippen MR) is 76.0 cm³/mol. The fourth-order valence-corrected chi connectivity index (χ4v) is 3.41. The second kappa shape index (κ2) is 5.85. The highest BCUT2D eigenvalue weighted by Gasteiger charge is 2.15. The number of amides is 1. The Balaban J connectivity index is 1.76. The van der Waals surface area contributed by atoms with Crippen molar-refractivity contribution in [3.63, 3.8) is 0 Å². The van der Waals surface area contributed by atoms with Crippen molar-refractivity contribution < 1.29 is 4.79 Å². The zero-order valence-electron chi connectivity index (χ0n) is 11.5. The molecule has 0 fully saturated rings. The van der Waals surface area contributed by atoms with Crippen LogP contribution in [0.4, 0.5) is 0 Å². The first-order valence-corrected chi connectivity index (χ1v) is 7.46. The van der Waals surface area contributed by atoms with E-state index in [1.54, 1.807) is 9.78 Å². The number of likely N-dealkylation sites (N-methyl/N-ethyl adjacent to an activating group) is 1. The highest BCUT2D eigenvalue weighted by atomic mass is 32.1. The van der Waals surface area contributed by atoms with Crippen LogP contribution < -0.4 is 5.32 Å². The maximum Gasteiger partial charge on any atom is 0.236 e. The maximum absolute atomic E-state index is 11.8. The smallest absolute Gasteiger partial charge is 0.236 e. The molecule has 1 heterocycles. The van der Waals surface area contributed by atoms with Gasteiger partial charge >= 0.3 is 0 Å². The molecule has 100 valence electrons. The molecule has 1 aliphatic carbocycles. The van der Waals surface area contributed by atoms with Gasteiger partial charge in [0.2, 0.25) is 5.91 Å². The van der Waals surface area contributed by atoms with Gasteiger partial charge in [-0.25, -0.2) is 0 Å². The van der Waals surface area contributed by atoms with E-state index < -0.39 is 0 Å². The van der Waals surface area contributed by atoms with Crippen LogP contribution in [-0.2, 0) is 24.2 Å². The van der Waals surface area contributed by atoms with E-state index in [1.807, 2.05) is 32.2 Å². The van der Waals surface area contributed by atoms with Crippen LogP contribution in [0.25, 0.3) is 0 Å². The topological polar surface area (TPSA) is 32.3 Å². The molecule has 0 unspecified atom stereocenters. The molecule has 0 atom stereocenters. The van der Waals surface area contributed by atoms with E-state index in [1.165, 1.54) is 29.7 Å². The van der Waals surface area contributed by atoms with Crippen LogP contribution >= 0.6 is 11.3 Å². The van der Waals surface area contributed by atoms with Gasteiger partial charge in [0, 0.05) is 29.4 Å². The third-order valence-corrected chi connectivity index (χ3v) is 4.78. The lowest BCUT2D eigenvalue weighted by Gasteiger charge is -2.21. The largest absolute Gasteiger partial charge is 0.342 e. The Morgan fingerprint density at radius 3 is 2.94 bits per heavy atom. The van der Waals surface area contributed by atoms with Crippen molar-refractivity contribution in [3.8, 4) is 0 Å². The van der Waals surface area contributed by atoms with Crippen molar-refractivity contribution in [2.45, 2.75) is 45.7 Å². The molecule has 3 nitrogen and oxygen atoms in total. The van der Waals surface area contributed by atoms with E-state index in [4.69, 9.17) is 0 Å². The van der Waals surface area contributed by atoms with E-state index in [9.17, 15) is 4.79 Å². The third kappa shape index (κ3) is 3.12. The lowest BCUT2D eigenvalue weighted by atomic mass is 10.2. The maximum atomic E-state index is 11.8. The standard InChI is InChI=1S/C14H22N2OS/c1-10(2)16(3)14(17)9-15-8-12-7-11-5-4-6-13(11)18-12/h7,10,15H,4-6,8-9H2,1-3H3. The highest BCUT2D eigenvalue weighted by Crippen LogP contribution is 2.30. The summed E-state index contributed by atoms with van der Waals surface area (Å²) in [5, 5.41) is 3.25. The Morgan fingerprint density at radius 2 is 2.28 bits per heavy atom. The molecule has 0 spiro atoms. The van der Waals surface area contributed by atoms with Crippen LogP contribution in [-0.4, -0.2) is 30.4 Å². The molecule has 2 rings (SSSR count). The van der Waals surface area contributed by atoms with Gasteiger partial charge in [-0.2, -0.15) is 0 Å². The van der Waals surface area contributed by atoms with Gasteiger partial charge in [0.25, 0.3) is 0 Å². The molecule has 1 amide bonds.